The molecule has 1 fully saturated rings. The number of ketones is 1. The molecule has 0 atom stereocenters. The van der Waals surface area contributed by atoms with Crippen molar-refractivity contribution in [2.75, 3.05) is 19.6 Å². The maximum absolute atomic E-state index is 11.9. The summed E-state index contributed by atoms with van der Waals surface area (Å²) in [7, 11) is 0. The Morgan fingerprint density at radius 1 is 0.943 bits per heavy atom. The van der Waals surface area contributed by atoms with Gasteiger partial charge in [-0.1, -0.05) is 36.4 Å². The van der Waals surface area contributed by atoms with Crippen molar-refractivity contribution in [3.8, 4) is 0 Å². The Hall–Kier alpha value is -3.57. The molecular formula is C30H30N4O. The SMILES string of the molecule is CC(=O)c1ncn2c1ccc1c(CCN3CCC(c4cccc5nc(C)ccc45)CC3)cccc12. The van der Waals surface area contributed by atoms with Gasteiger partial charge in [0, 0.05) is 29.9 Å². The fourth-order valence-electron chi connectivity index (χ4n) is 5.75. The van der Waals surface area contributed by atoms with Gasteiger partial charge in [0.05, 0.1) is 16.6 Å². The van der Waals surface area contributed by atoms with Gasteiger partial charge in [-0.25, -0.2) is 4.98 Å². The van der Waals surface area contributed by atoms with E-state index in [9.17, 15) is 4.79 Å². The summed E-state index contributed by atoms with van der Waals surface area (Å²) in [6.45, 7) is 6.94. The van der Waals surface area contributed by atoms with E-state index in [-0.39, 0.29) is 5.78 Å². The molecule has 0 unspecified atom stereocenters. The molecule has 1 saturated heterocycles. The van der Waals surface area contributed by atoms with Crippen LogP contribution in [0.1, 0.15) is 53.0 Å². The van der Waals surface area contributed by atoms with Gasteiger partial charge in [-0.05, 0) is 80.6 Å². The summed E-state index contributed by atoms with van der Waals surface area (Å²) in [5.74, 6) is 0.600. The second kappa shape index (κ2) is 8.90. The first kappa shape index (κ1) is 21.9. The molecule has 176 valence electrons. The average Bonchev–Trinajstić information content (AvgIpc) is 3.32. The number of Topliss-reactive ketones (excluding diaryl/α,β-unsaturated/α-hetero) is 1. The van der Waals surface area contributed by atoms with Crippen LogP contribution in [0.4, 0.5) is 0 Å². The number of carbonyl (C=O) groups is 1. The zero-order valence-corrected chi connectivity index (χ0v) is 20.4. The Kier molecular flexibility index (Phi) is 5.57. The van der Waals surface area contributed by atoms with Crippen molar-refractivity contribution in [3.63, 3.8) is 0 Å². The van der Waals surface area contributed by atoms with Gasteiger partial charge < -0.3 is 4.90 Å². The number of rotatable bonds is 5. The average molecular weight is 463 g/mol. The van der Waals surface area contributed by atoms with Gasteiger partial charge in [-0.2, -0.15) is 0 Å². The molecule has 6 rings (SSSR count). The minimum Gasteiger partial charge on any atom is -0.303 e. The van der Waals surface area contributed by atoms with Crippen LogP contribution in [0.5, 0.6) is 0 Å². The van der Waals surface area contributed by atoms with E-state index in [1.54, 1.807) is 13.3 Å². The molecule has 5 heteroatoms. The maximum Gasteiger partial charge on any atom is 0.180 e. The number of pyridine rings is 2. The van der Waals surface area contributed by atoms with E-state index in [1.807, 2.05) is 10.5 Å². The smallest absolute Gasteiger partial charge is 0.180 e. The molecule has 1 aliphatic rings. The van der Waals surface area contributed by atoms with E-state index >= 15 is 0 Å². The largest absolute Gasteiger partial charge is 0.303 e. The van der Waals surface area contributed by atoms with Crippen LogP contribution in [-0.4, -0.2) is 44.7 Å². The van der Waals surface area contributed by atoms with Crippen LogP contribution in [0.3, 0.4) is 0 Å². The van der Waals surface area contributed by atoms with Gasteiger partial charge in [-0.3, -0.25) is 14.2 Å². The van der Waals surface area contributed by atoms with E-state index in [4.69, 9.17) is 4.98 Å². The van der Waals surface area contributed by atoms with Gasteiger partial charge in [0.15, 0.2) is 5.78 Å². The third-order valence-electron chi connectivity index (χ3n) is 7.61. The van der Waals surface area contributed by atoms with Crippen LogP contribution in [0.15, 0.2) is 67.0 Å². The lowest BCUT2D eigenvalue weighted by atomic mass is 9.87. The third-order valence-corrected chi connectivity index (χ3v) is 7.61. The molecule has 0 saturated carbocycles. The highest BCUT2D eigenvalue weighted by atomic mass is 16.1. The van der Waals surface area contributed by atoms with Gasteiger partial charge in [0.25, 0.3) is 0 Å². The number of benzene rings is 2. The molecule has 0 N–H and O–H groups in total. The summed E-state index contributed by atoms with van der Waals surface area (Å²) in [6, 6.07) is 21.6. The number of hydrogen-bond donors (Lipinski definition) is 0. The minimum absolute atomic E-state index is 0.00119. The minimum atomic E-state index is 0.00119. The predicted molar refractivity (Wildman–Crippen MR) is 141 cm³/mol. The topological polar surface area (TPSA) is 50.5 Å². The Morgan fingerprint density at radius 2 is 1.74 bits per heavy atom. The van der Waals surface area contributed by atoms with Gasteiger partial charge >= 0.3 is 0 Å². The summed E-state index contributed by atoms with van der Waals surface area (Å²) in [6.07, 6.45) is 5.16. The number of aryl methyl sites for hydroxylation is 1. The Bertz CT molecular complexity index is 1560. The molecule has 35 heavy (non-hydrogen) atoms. The fourth-order valence-corrected chi connectivity index (χ4v) is 5.75. The highest BCUT2D eigenvalue weighted by molar-refractivity contribution is 6.00. The van der Waals surface area contributed by atoms with E-state index in [1.165, 1.54) is 34.7 Å². The molecule has 1 aliphatic heterocycles. The van der Waals surface area contributed by atoms with Gasteiger partial charge in [0.1, 0.15) is 12.0 Å². The summed E-state index contributed by atoms with van der Waals surface area (Å²) in [4.78, 5) is 23.6. The fraction of sp³-hybridized carbons (Fsp3) is 0.300. The second-order valence-electron chi connectivity index (χ2n) is 9.82. The van der Waals surface area contributed by atoms with Crippen molar-refractivity contribution in [2.24, 2.45) is 0 Å². The first-order chi connectivity index (χ1) is 17.1. The third kappa shape index (κ3) is 4.00. The van der Waals surface area contributed by atoms with Crippen molar-refractivity contribution in [2.45, 2.75) is 39.0 Å². The number of fused-ring (bicyclic) bond motifs is 4. The monoisotopic (exact) mass is 462 g/mol. The molecular weight excluding hydrogens is 432 g/mol. The number of aromatic nitrogens is 3. The number of hydrogen-bond acceptors (Lipinski definition) is 4. The molecule has 0 radical (unpaired) electrons. The lowest BCUT2D eigenvalue weighted by molar-refractivity contribution is 0.101. The van der Waals surface area contributed by atoms with Crippen molar-refractivity contribution < 1.29 is 4.79 Å². The van der Waals surface area contributed by atoms with Crippen LogP contribution in [-0.2, 0) is 6.42 Å². The second-order valence-corrected chi connectivity index (χ2v) is 9.82. The summed E-state index contributed by atoms with van der Waals surface area (Å²) >= 11 is 0. The highest BCUT2D eigenvalue weighted by Gasteiger charge is 2.22. The molecule has 2 aromatic carbocycles. The summed E-state index contributed by atoms with van der Waals surface area (Å²) in [5.41, 5.74) is 7.52. The van der Waals surface area contributed by atoms with E-state index in [0.29, 0.717) is 11.6 Å². The lowest BCUT2D eigenvalue weighted by Crippen LogP contribution is -2.34. The molecule has 4 heterocycles. The summed E-state index contributed by atoms with van der Waals surface area (Å²) in [5, 5.41) is 2.55. The molecule has 3 aromatic heterocycles. The summed E-state index contributed by atoms with van der Waals surface area (Å²) < 4.78 is 2.04. The molecule has 0 bridgehead atoms. The molecule has 0 spiro atoms. The molecule has 5 aromatic rings. The van der Waals surface area contributed by atoms with E-state index in [2.05, 4.69) is 71.4 Å². The van der Waals surface area contributed by atoms with Crippen molar-refractivity contribution in [1.82, 2.24) is 19.3 Å². The molecule has 0 amide bonds. The quantitative estimate of drug-likeness (QED) is 0.302. The predicted octanol–water partition coefficient (Wildman–Crippen LogP) is 5.97. The van der Waals surface area contributed by atoms with E-state index in [0.717, 1.165) is 48.3 Å². The first-order valence-electron chi connectivity index (χ1n) is 12.6. The van der Waals surface area contributed by atoms with Crippen molar-refractivity contribution in [3.05, 3.63) is 89.5 Å². The number of carbonyl (C=O) groups excluding carboxylic acids is 1. The zero-order valence-electron chi connectivity index (χ0n) is 20.4. The molecule has 5 nitrogen and oxygen atoms in total. The maximum atomic E-state index is 11.9. The van der Waals surface area contributed by atoms with Crippen LogP contribution >= 0.6 is 0 Å². The highest BCUT2D eigenvalue weighted by Crippen LogP contribution is 2.33. The first-order valence-corrected chi connectivity index (χ1v) is 12.6. The Morgan fingerprint density at radius 3 is 2.57 bits per heavy atom. The lowest BCUT2D eigenvalue weighted by Gasteiger charge is -2.32. The number of imidazole rings is 1. The Labute approximate surface area is 205 Å². The standard InChI is InChI=1S/C30H30N4O/c1-20-9-10-26-24(6-4-7-27(26)32-20)23-14-17-33(18-15-23)16-13-22-5-3-8-28-25(22)11-12-29-30(21(2)35)31-19-34(28)29/h3-12,19,23H,13-18H2,1-2H3. The Balaban J connectivity index is 1.16. The van der Waals surface area contributed by atoms with Crippen molar-refractivity contribution in [1.29, 1.82) is 0 Å². The normalized spacial score (nSPS) is 15.4. The zero-order chi connectivity index (χ0) is 23.9. The van der Waals surface area contributed by atoms with Crippen LogP contribution in [0.2, 0.25) is 0 Å². The van der Waals surface area contributed by atoms with Crippen LogP contribution in [0, 0.1) is 6.92 Å². The van der Waals surface area contributed by atoms with Crippen LogP contribution < -0.4 is 0 Å². The van der Waals surface area contributed by atoms with Gasteiger partial charge in [0.2, 0.25) is 0 Å². The van der Waals surface area contributed by atoms with E-state index < -0.39 is 0 Å². The number of nitrogens with zero attached hydrogens (tertiary/aromatic N) is 4. The van der Waals surface area contributed by atoms with Crippen molar-refractivity contribution >= 4 is 33.1 Å². The van der Waals surface area contributed by atoms with Gasteiger partial charge in [-0.15, -0.1) is 0 Å². The number of piperidine rings is 1. The number of likely N-dealkylation sites (tertiary alicyclic amines) is 1. The van der Waals surface area contributed by atoms with Crippen LogP contribution in [0.25, 0.3) is 27.3 Å². The molecule has 0 aliphatic carbocycles.